The highest BCUT2D eigenvalue weighted by Gasteiger charge is 2.26. The van der Waals surface area contributed by atoms with Crippen molar-refractivity contribution in [3.63, 3.8) is 0 Å². The van der Waals surface area contributed by atoms with Crippen LogP contribution in [-0.2, 0) is 27.9 Å². The number of unbranched alkanes of at least 4 members (excludes halogenated alkanes) is 35. The SMILES string of the molecule is CCCCCCC/C=C\C/C=C\CCCCCCCCCCCCCCOCC(COP(=O)(O)OCC[N+](C)(C)C)OC(=O)CCCCCCCCCCCCCCCCCCCCC. The maximum atomic E-state index is 12.8. The number of carbonyl (C=O) groups excluding carboxylic acids is 1. The molecular formula is C56H111NO7P+. The zero-order valence-corrected chi connectivity index (χ0v) is 44.9. The molecule has 386 valence electrons. The predicted octanol–water partition coefficient (Wildman–Crippen LogP) is 17.5. The molecule has 0 fully saturated rings. The van der Waals surface area contributed by atoms with Crippen LogP contribution in [0.1, 0.15) is 271 Å². The fourth-order valence-corrected chi connectivity index (χ4v) is 8.92. The number of carbonyl (C=O) groups is 1. The standard InChI is InChI=1S/C56H110NO7P/c1-6-8-10-12-14-16-18-20-22-24-26-27-28-29-30-32-34-36-38-40-42-44-46-48-51-61-53-55(54-63-65(59,60)62-52-50-57(3,4)5)64-56(58)49-47-45-43-41-39-37-35-33-31-25-23-21-19-17-15-13-11-9-7-2/h18,20,24,26,55H,6-17,19,21-23,25,27-54H2,1-5H3/p+1/b20-18-,26-24-. The number of likely N-dealkylation sites (N-methyl/N-ethyl adjacent to an activating group) is 1. The minimum Gasteiger partial charge on any atom is -0.457 e. The molecule has 0 amide bonds. The predicted molar refractivity (Wildman–Crippen MR) is 280 cm³/mol. The lowest BCUT2D eigenvalue weighted by atomic mass is 10.0. The summed E-state index contributed by atoms with van der Waals surface area (Å²) in [6.45, 7) is 5.67. The molecule has 0 aliphatic carbocycles. The quantitative estimate of drug-likeness (QED) is 0.0213. The molecule has 2 unspecified atom stereocenters. The van der Waals surface area contributed by atoms with E-state index in [1.165, 1.54) is 212 Å². The van der Waals surface area contributed by atoms with Gasteiger partial charge in [-0.05, 0) is 44.9 Å². The first-order chi connectivity index (χ1) is 31.6. The maximum absolute atomic E-state index is 12.8. The summed E-state index contributed by atoms with van der Waals surface area (Å²) in [5.74, 6) is -0.307. The van der Waals surface area contributed by atoms with E-state index < -0.39 is 13.9 Å². The number of esters is 1. The Bertz CT molecular complexity index is 1090. The third kappa shape index (κ3) is 53.8. The minimum atomic E-state index is -4.28. The highest BCUT2D eigenvalue weighted by molar-refractivity contribution is 7.47. The van der Waals surface area contributed by atoms with Crippen LogP contribution in [0, 0.1) is 0 Å². The van der Waals surface area contributed by atoms with E-state index in [0.29, 0.717) is 24.1 Å². The largest absolute Gasteiger partial charge is 0.472 e. The summed E-state index contributed by atoms with van der Waals surface area (Å²) in [7, 11) is 1.68. The number of ether oxygens (including phenoxy) is 2. The Balaban J connectivity index is 4.05. The first-order valence-corrected chi connectivity index (χ1v) is 29.6. The summed E-state index contributed by atoms with van der Waals surface area (Å²) in [5.41, 5.74) is 0. The van der Waals surface area contributed by atoms with E-state index in [4.69, 9.17) is 18.5 Å². The van der Waals surface area contributed by atoms with E-state index in [9.17, 15) is 14.3 Å². The van der Waals surface area contributed by atoms with Crippen molar-refractivity contribution in [2.45, 2.75) is 277 Å². The van der Waals surface area contributed by atoms with Crippen LogP contribution < -0.4 is 0 Å². The molecule has 0 rings (SSSR count). The normalized spacial score (nSPS) is 13.6. The Morgan fingerprint density at radius 3 is 1.25 bits per heavy atom. The summed E-state index contributed by atoms with van der Waals surface area (Å²) in [5, 5.41) is 0. The van der Waals surface area contributed by atoms with Gasteiger partial charge >= 0.3 is 13.8 Å². The number of nitrogens with zero attached hydrogens (tertiary/aromatic N) is 1. The molecule has 0 aromatic carbocycles. The van der Waals surface area contributed by atoms with Crippen LogP contribution in [0.15, 0.2) is 24.3 Å². The highest BCUT2D eigenvalue weighted by Crippen LogP contribution is 2.43. The number of hydrogen-bond acceptors (Lipinski definition) is 6. The smallest absolute Gasteiger partial charge is 0.457 e. The molecule has 2 atom stereocenters. The summed E-state index contributed by atoms with van der Waals surface area (Å²) in [6, 6.07) is 0. The summed E-state index contributed by atoms with van der Waals surface area (Å²) >= 11 is 0. The van der Waals surface area contributed by atoms with E-state index in [1.807, 2.05) is 21.1 Å². The first kappa shape index (κ1) is 64.0. The third-order valence-corrected chi connectivity index (χ3v) is 13.5. The second-order valence-electron chi connectivity index (χ2n) is 20.3. The number of phosphoric ester groups is 1. The number of phosphoric acid groups is 1. The molecule has 8 nitrogen and oxygen atoms in total. The molecule has 0 spiro atoms. The Morgan fingerprint density at radius 2 is 0.846 bits per heavy atom. The molecule has 1 N–H and O–H groups in total. The van der Waals surface area contributed by atoms with Gasteiger partial charge in [-0.2, -0.15) is 0 Å². The van der Waals surface area contributed by atoms with Crippen LogP contribution in [0.4, 0.5) is 0 Å². The van der Waals surface area contributed by atoms with Crippen LogP contribution in [0.25, 0.3) is 0 Å². The van der Waals surface area contributed by atoms with Crippen molar-refractivity contribution in [2.24, 2.45) is 0 Å². The van der Waals surface area contributed by atoms with Crippen LogP contribution in [0.5, 0.6) is 0 Å². The van der Waals surface area contributed by atoms with Crippen LogP contribution in [0.2, 0.25) is 0 Å². The van der Waals surface area contributed by atoms with E-state index >= 15 is 0 Å². The van der Waals surface area contributed by atoms with Gasteiger partial charge in [0.15, 0.2) is 0 Å². The van der Waals surface area contributed by atoms with Crippen molar-refractivity contribution in [3.05, 3.63) is 24.3 Å². The molecule has 0 aliphatic rings. The van der Waals surface area contributed by atoms with Gasteiger partial charge in [-0.1, -0.05) is 244 Å². The molecule has 0 heterocycles. The molecule has 9 heteroatoms. The molecule has 65 heavy (non-hydrogen) atoms. The maximum Gasteiger partial charge on any atom is 0.472 e. The Morgan fingerprint density at radius 1 is 0.477 bits per heavy atom. The zero-order chi connectivity index (χ0) is 47.6. The number of allylic oxidation sites excluding steroid dienone is 4. The van der Waals surface area contributed by atoms with E-state index in [2.05, 4.69) is 38.2 Å². The van der Waals surface area contributed by atoms with Crippen molar-refractivity contribution in [3.8, 4) is 0 Å². The van der Waals surface area contributed by atoms with Gasteiger partial charge in [0.25, 0.3) is 0 Å². The Hall–Kier alpha value is -1.02. The number of quaternary nitrogens is 1. The molecule has 0 saturated carbocycles. The Labute approximate surface area is 404 Å². The molecular weight excluding hydrogens is 830 g/mol. The lowest BCUT2D eigenvalue weighted by Gasteiger charge is -2.24. The van der Waals surface area contributed by atoms with Gasteiger partial charge < -0.3 is 18.9 Å². The molecule has 0 saturated heterocycles. The molecule has 0 aromatic heterocycles. The summed E-state index contributed by atoms with van der Waals surface area (Å²) < 4.78 is 35.2. The van der Waals surface area contributed by atoms with Crippen LogP contribution in [-0.4, -0.2) is 75.6 Å². The zero-order valence-electron chi connectivity index (χ0n) is 44.0. The monoisotopic (exact) mass is 941 g/mol. The average Bonchev–Trinajstić information content (AvgIpc) is 3.27. The van der Waals surface area contributed by atoms with Crippen molar-refractivity contribution in [2.75, 3.05) is 54.1 Å². The van der Waals surface area contributed by atoms with E-state index in [1.54, 1.807) is 0 Å². The van der Waals surface area contributed by atoms with Crippen molar-refractivity contribution in [1.29, 1.82) is 0 Å². The van der Waals surface area contributed by atoms with Gasteiger partial charge in [-0.15, -0.1) is 0 Å². The number of rotatable bonds is 53. The van der Waals surface area contributed by atoms with Gasteiger partial charge in [-0.25, -0.2) is 4.57 Å². The van der Waals surface area contributed by atoms with Crippen molar-refractivity contribution in [1.82, 2.24) is 0 Å². The topological polar surface area (TPSA) is 91.3 Å². The summed E-state index contributed by atoms with van der Waals surface area (Å²) in [6.07, 6.45) is 59.5. The van der Waals surface area contributed by atoms with Gasteiger partial charge in [0.2, 0.25) is 0 Å². The number of hydrogen-bond donors (Lipinski definition) is 1. The van der Waals surface area contributed by atoms with Crippen LogP contribution in [0.3, 0.4) is 0 Å². The third-order valence-electron chi connectivity index (χ3n) is 12.5. The van der Waals surface area contributed by atoms with Crippen LogP contribution >= 0.6 is 7.82 Å². The Kier molecular flexibility index (Phi) is 48.6. The molecule has 0 aromatic rings. The molecule has 0 bridgehead atoms. The fourth-order valence-electron chi connectivity index (χ4n) is 8.17. The lowest BCUT2D eigenvalue weighted by Crippen LogP contribution is -2.37. The van der Waals surface area contributed by atoms with Crippen molar-refractivity contribution >= 4 is 13.8 Å². The van der Waals surface area contributed by atoms with Gasteiger partial charge in [-0.3, -0.25) is 13.8 Å². The minimum absolute atomic E-state index is 0.0912. The second-order valence-corrected chi connectivity index (χ2v) is 21.8. The van der Waals surface area contributed by atoms with Gasteiger partial charge in [0, 0.05) is 13.0 Å². The van der Waals surface area contributed by atoms with Gasteiger partial charge in [0.05, 0.1) is 34.4 Å². The van der Waals surface area contributed by atoms with E-state index in [0.717, 1.165) is 38.5 Å². The first-order valence-electron chi connectivity index (χ1n) is 28.1. The fraction of sp³-hybridized carbons (Fsp3) is 0.911. The molecule has 0 aliphatic heterocycles. The average molecular weight is 941 g/mol. The van der Waals surface area contributed by atoms with Gasteiger partial charge in [0.1, 0.15) is 19.3 Å². The lowest BCUT2D eigenvalue weighted by molar-refractivity contribution is -0.870. The van der Waals surface area contributed by atoms with Crippen molar-refractivity contribution < 1.29 is 37.3 Å². The highest BCUT2D eigenvalue weighted by atomic mass is 31.2. The van der Waals surface area contributed by atoms with E-state index in [-0.39, 0.29) is 25.8 Å². The second kappa shape index (κ2) is 49.4. The summed E-state index contributed by atoms with van der Waals surface area (Å²) in [4.78, 5) is 23.1. The molecule has 0 radical (unpaired) electrons.